The van der Waals surface area contributed by atoms with Crippen LogP contribution in [0.25, 0.3) is 0 Å². The summed E-state index contributed by atoms with van der Waals surface area (Å²) >= 11 is 6.21. The van der Waals surface area contributed by atoms with Crippen molar-refractivity contribution in [3.05, 3.63) is 58.4 Å². The summed E-state index contributed by atoms with van der Waals surface area (Å²) in [6, 6.07) is 4.51. The van der Waals surface area contributed by atoms with E-state index in [0.717, 1.165) is 12.3 Å². The summed E-state index contributed by atoms with van der Waals surface area (Å²) in [6.07, 6.45) is -2.01. The minimum atomic E-state index is -4.21. The van der Waals surface area contributed by atoms with Crippen molar-refractivity contribution in [3.8, 4) is 0 Å². The highest BCUT2D eigenvalue weighted by Gasteiger charge is 2.60. The third-order valence-corrected chi connectivity index (χ3v) is 11.7. The van der Waals surface area contributed by atoms with Gasteiger partial charge in [-0.25, -0.2) is 30.0 Å². The standard InChI is InChI=1S/C26H29ClF3NO8S2/c1-40(36,37)7-6-21(32)24(33)26(35)14-3-4-15(26)10-17(9-14)41(38,39)22-8-13(2-5-18(22)27)25(34)31-16-11-19(28)23(30)20(29)12-16/h2,5,8,11-12,14-15,17,21,24,32-33,35H,3-4,6-7,9-10H2,1H3,(H,31,34)/t14-,15?,17?,21?,24?,26?/m0/s1. The van der Waals surface area contributed by atoms with E-state index in [1.54, 1.807) is 0 Å². The number of halogens is 4. The molecule has 2 aromatic carbocycles. The highest BCUT2D eigenvalue weighted by atomic mass is 35.5. The zero-order chi connectivity index (χ0) is 30.5. The molecular weight excluding hydrogens is 611 g/mol. The SMILES string of the molecule is CS(=O)(=O)CCC(O)C(O)C1(O)C2CC[C@H]1CC(S(=O)(=O)c1cc(C(=O)Nc3cc(F)c(F)c(F)c3)ccc1Cl)C2. The average Bonchev–Trinajstić information content (AvgIpc) is 3.04. The van der Waals surface area contributed by atoms with Gasteiger partial charge in [-0.05, 0) is 62.1 Å². The molecule has 2 bridgehead atoms. The first kappa shape index (κ1) is 31.7. The molecular formula is C26H29ClF3NO8S2. The maximum atomic E-state index is 13.7. The first-order valence-corrected chi connectivity index (χ1v) is 16.7. The minimum Gasteiger partial charge on any atom is -0.390 e. The molecule has 5 unspecified atom stereocenters. The summed E-state index contributed by atoms with van der Waals surface area (Å²) in [5.41, 5.74) is -2.43. The van der Waals surface area contributed by atoms with Gasteiger partial charge in [-0.2, -0.15) is 0 Å². The Balaban J connectivity index is 1.54. The largest absolute Gasteiger partial charge is 0.390 e. The number of aliphatic hydroxyl groups is 3. The predicted octanol–water partition coefficient (Wildman–Crippen LogP) is 2.86. The number of sulfone groups is 2. The van der Waals surface area contributed by atoms with Crippen LogP contribution in [0.4, 0.5) is 18.9 Å². The molecule has 0 radical (unpaired) electrons. The molecule has 0 aromatic heterocycles. The molecule has 2 aliphatic rings. The van der Waals surface area contributed by atoms with Crippen molar-refractivity contribution >= 4 is 42.9 Å². The van der Waals surface area contributed by atoms with Crippen LogP contribution in [0.1, 0.15) is 42.5 Å². The van der Waals surface area contributed by atoms with Crippen LogP contribution in [0.15, 0.2) is 35.2 Å². The van der Waals surface area contributed by atoms with Gasteiger partial charge in [0.1, 0.15) is 15.9 Å². The van der Waals surface area contributed by atoms with Gasteiger partial charge in [-0.1, -0.05) is 11.6 Å². The number of amides is 1. The first-order valence-electron chi connectivity index (χ1n) is 12.7. The number of benzene rings is 2. The molecule has 0 heterocycles. The zero-order valence-corrected chi connectivity index (χ0v) is 24.1. The summed E-state index contributed by atoms with van der Waals surface area (Å²) < 4.78 is 90.6. The quantitative estimate of drug-likeness (QED) is 0.305. The topological polar surface area (TPSA) is 158 Å². The molecule has 2 fully saturated rings. The van der Waals surface area contributed by atoms with E-state index in [1.165, 1.54) is 12.1 Å². The fourth-order valence-corrected chi connectivity index (χ4v) is 9.02. The number of rotatable bonds is 9. The zero-order valence-electron chi connectivity index (χ0n) is 21.7. The molecule has 226 valence electrons. The van der Waals surface area contributed by atoms with E-state index < -0.39 is 89.4 Å². The molecule has 41 heavy (non-hydrogen) atoms. The normalized spacial score (nSPS) is 26.0. The number of aliphatic hydroxyl groups excluding tert-OH is 2. The third kappa shape index (κ3) is 6.27. The van der Waals surface area contributed by atoms with Crippen LogP contribution in [0.5, 0.6) is 0 Å². The van der Waals surface area contributed by atoms with Gasteiger partial charge in [-0.15, -0.1) is 0 Å². The Bertz CT molecular complexity index is 1530. The smallest absolute Gasteiger partial charge is 0.255 e. The molecule has 1 amide bonds. The number of hydrogen-bond donors (Lipinski definition) is 4. The van der Waals surface area contributed by atoms with Crippen LogP contribution in [-0.2, 0) is 19.7 Å². The molecule has 0 saturated heterocycles. The lowest BCUT2D eigenvalue weighted by Crippen LogP contribution is -2.59. The van der Waals surface area contributed by atoms with Gasteiger partial charge in [-0.3, -0.25) is 4.79 Å². The van der Waals surface area contributed by atoms with Gasteiger partial charge >= 0.3 is 0 Å². The van der Waals surface area contributed by atoms with Gasteiger partial charge in [0, 0.05) is 29.6 Å². The van der Waals surface area contributed by atoms with E-state index in [2.05, 4.69) is 5.32 Å². The maximum Gasteiger partial charge on any atom is 0.255 e. The highest BCUT2D eigenvalue weighted by Crippen LogP contribution is 2.54. The number of carbonyl (C=O) groups is 1. The maximum absolute atomic E-state index is 13.7. The Morgan fingerprint density at radius 1 is 1.05 bits per heavy atom. The summed E-state index contributed by atoms with van der Waals surface area (Å²) in [6.45, 7) is 0. The van der Waals surface area contributed by atoms with Crippen LogP contribution < -0.4 is 5.32 Å². The molecule has 4 rings (SSSR count). The van der Waals surface area contributed by atoms with E-state index in [1.807, 2.05) is 0 Å². The van der Waals surface area contributed by atoms with Crippen LogP contribution in [-0.4, -0.2) is 73.1 Å². The second kappa shape index (κ2) is 11.5. The van der Waals surface area contributed by atoms with Crippen molar-refractivity contribution in [3.63, 3.8) is 0 Å². The van der Waals surface area contributed by atoms with Crippen molar-refractivity contribution in [1.82, 2.24) is 0 Å². The lowest BCUT2D eigenvalue weighted by Gasteiger charge is -2.46. The second-order valence-electron chi connectivity index (χ2n) is 10.8. The second-order valence-corrected chi connectivity index (χ2v) is 15.6. The molecule has 2 saturated carbocycles. The number of fused-ring (bicyclic) bond motifs is 2. The summed E-state index contributed by atoms with van der Waals surface area (Å²) in [5, 5.41) is 33.6. The van der Waals surface area contributed by atoms with Gasteiger partial charge in [0.2, 0.25) is 0 Å². The molecule has 15 heteroatoms. The van der Waals surface area contributed by atoms with Gasteiger partial charge < -0.3 is 20.6 Å². The molecule has 0 spiro atoms. The van der Waals surface area contributed by atoms with Crippen molar-refractivity contribution in [2.75, 3.05) is 17.3 Å². The Labute approximate surface area is 240 Å². The highest BCUT2D eigenvalue weighted by molar-refractivity contribution is 7.92. The van der Waals surface area contributed by atoms with Gasteiger partial charge in [0.05, 0.1) is 32.6 Å². The van der Waals surface area contributed by atoms with E-state index in [9.17, 15) is 50.1 Å². The van der Waals surface area contributed by atoms with Crippen LogP contribution in [0.2, 0.25) is 5.02 Å². The lowest BCUT2D eigenvalue weighted by molar-refractivity contribution is -0.175. The lowest BCUT2D eigenvalue weighted by atomic mass is 9.69. The van der Waals surface area contributed by atoms with E-state index in [4.69, 9.17) is 11.6 Å². The average molecular weight is 640 g/mol. The molecule has 4 N–H and O–H groups in total. The van der Waals surface area contributed by atoms with E-state index >= 15 is 0 Å². The fraction of sp³-hybridized carbons (Fsp3) is 0.500. The van der Waals surface area contributed by atoms with Crippen LogP contribution in [0, 0.1) is 29.3 Å². The van der Waals surface area contributed by atoms with Gasteiger partial charge in [0.15, 0.2) is 27.3 Å². The number of nitrogens with one attached hydrogen (secondary N) is 1. The molecule has 0 aliphatic heterocycles. The first-order chi connectivity index (χ1) is 18.9. The van der Waals surface area contributed by atoms with Crippen molar-refractivity contribution in [1.29, 1.82) is 0 Å². The monoisotopic (exact) mass is 639 g/mol. The Kier molecular flexibility index (Phi) is 8.86. The molecule has 2 aliphatic carbocycles. The van der Waals surface area contributed by atoms with Crippen molar-refractivity contribution < 1.29 is 50.1 Å². The number of anilines is 1. The summed E-state index contributed by atoms with van der Waals surface area (Å²) in [4.78, 5) is 12.3. The molecule has 9 nitrogen and oxygen atoms in total. The van der Waals surface area contributed by atoms with Gasteiger partial charge in [0.25, 0.3) is 5.91 Å². The molecule has 2 aromatic rings. The third-order valence-electron chi connectivity index (χ3n) is 8.07. The number of hydrogen-bond acceptors (Lipinski definition) is 8. The fourth-order valence-electron chi connectivity index (χ4n) is 5.95. The van der Waals surface area contributed by atoms with Crippen LogP contribution >= 0.6 is 11.6 Å². The summed E-state index contributed by atoms with van der Waals surface area (Å²) in [7, 11) is -7.64. The van der Waals surface area contributed by atoms with Crippen LogP contribution in [0.3, 0.4) is 0 Å². The predicted molar refractivity (Wildman–Crippen MR) is 143 cm³/mol. The summed E-state index contributed by atoms with van der Waals surface area (Å²) in [5.74, 6) is -7.56. The van der Waals surface area contributed by atoms with E-state index in [-0.39, 0.29) is 34.7 Å². The minimum absolute atomic E-state index is 0.0912. The molecule has 6 atom stereocenters. The Hall–Kier alpha value is -2.23. The van der Waals surface area contributed by atoms with Crippen molar-refractivity contribution in [2.45, 2.75) is 60.1 Å². The van der Waals surface area contributed by atoms with E-state index in [0.29, 0.717) is 25.0 Å². The Morgan fingerprint density at radius 2 is 1.61 bits per heavy atom. The Morgan fingerprint density at radius 3 is 2.15 bits per heavy atom. The van der Waals surface area contributed by atoms with Crippen molar-refractivity contribution in [2.24, 2.45) is 11.8 Å². The number of carbonyl (C=O) groups excluding carboxylic acids is 1.